The van der Waals surface area contributed by atoms with Crippen molar-refractivity contribution in [3.63, 3.8) is 0 Å². The lowest BCUT2D eigenvalue weighted by molar-refractivity contribution is -0.143. The minimum absolute atomic E-state index is 0.0323. The van der Waals surface area contributed by atoms with Gasteiger partial charge in [0.2, 0.25) is 0 Å². The van der Waals surface area contributed by atoms with Gasteiger partial charge in [-0.05, 0) is 24.3 Å². The molecule has 162 valence electrons. The minimum Gasteiger partial charge on any atom is -0.458 e. The van der Waals surface area contributed by atoms with E-state index in [0.717, 1.165) is 0 Å². The molecule has 4 heterocycles. The molecule has 0 aliphatic rings. The van der Waals surface area contributed by atoms with Crippen LogP contribution in [0.3, 0.4) is 0 Å². The fraction of sp³-hybridized carbons (Fsp3) is 0.182. The third-order valence-corrected chi connectivity index (χ3v) is 4.48. The van der Waals surface area contributed by atoms with Crippen molar-refractivity contribution in [2.75, 3.05) is 0 Å². The Kier molecular flexibility index (Phi) is 4.74. The van der Waals surface area contributed by atoms with Crippen LogP contribution in [0.2, 0.25) is 0 Å². The van der Waals surface area contributed by atoms with Crippen molar-refractivity contribution < 1.29 is 36.7 Å². The van der Waals surface area contributed by atoms with E-state index in [0.29, 0.717) is 45.2 Å². The Morgan fingerprint density at radius 2 is 1.16 bits per heavy atom. The molecular formula is C22H16N2O8. The summed E-state index contributed by atoms with van der Waals surface area (Å²) in [6.07, 6.45) is 0. The van der Waals surface area contributed by atoms with Gasteiger partial charge in [0, 0.05) is 26.0 Å². The van der Waals surface area contributed by atoms with E-state index in [2.05, 4.69) is 9.97 Å². The van der Waals surface area contributed by atoms with E-state index in [1.54, 1.807) is 36.4 Å². The van der Waals surface area contributed by atoms with E-state index in [9.17, 15) is 9.59 Å². The van der Waals surface area contributed by atoms with E-state index in [-0.39, 0.29) is 25.0 Å². The van der Waals surface area contributed by atoms with E-state index < -0.39 is 11.9 Å². The number of carbonyl (C=O) groups is 2. The molecule has 0 fully saturated rings. The summed E-state index contributed by atoms with van der Waals surface area (Å²) in [5, 5.41) is 0. The number of hydrogen-bond acceptors (Lipinski definition) is 10. The fourth-order valence-corrected chi connectivity index (χ4v) is 3.05. The third-order valence-electron chi connectivity index (χ3n) is 4.48. The van der Waals surface area contributed by atoms with Crippen molar-refractivity contribution in [1.82, 2.24) is 9.97 Å². The Bertz CT molecular complexity index is 1290. The first-order valence-corrected chi connectivity index (χ1v) is 9.60. The number of benzene rings is 1. The predicted octanol–water partition coefficient (Wildman–Crippen LogP) is 4.62. The molecule has 0 saturated carbocycles. The molecule has 1 aromatic carbocycles. The van der Waals surface area contributed by atoms with Gasteiger partial charge in [-0.15, -0.1) is 0 Å². The highest BCUT2D eigenvalue weighted by Crippen LogP contribution is 2.32. The van der Waals surface area contributed by atoms with Crippen molar-refractivity contribution in [2.45, 2.75) is 27.1 Å². The topological polar surface area (TPSA) is 131 Å². The highest BCUT2D eigenvalue weighted by molar-refractivity contribution is 5.90. The maximum Gasteiger partial charge on any atom is 0.303 e. The number of oxazole rings is 2. The van der Waals surface area contributed by atoms with Crippen LogP contribution in [0, 0.1) is 0 Å². The number of hydrogen-bond donors (Lipinski definition) is 0. The van der Waals surface area contributed by atoms with Gasteiger partial charge in [-0.2, -0.15) is 0 Å². The van der Waals surface area contributed by atoms with Crippen LogP contribution in [0.15, 0.2) is 54.1 Å². The number of ether oxygens (including phenoxy) is 2. The molecule has 10 nitrogen and oxygen atoms in total. The minimum atomic E-state index is -0.394. The van der Waals surface area contributed by atoms with Crippen LogP contribution in [-0.4, -0.2) is 21.9 Å². The van der Waals surface area contributed by atoms with Crippen molar-refractivity contribution in [3.8, 4) is 23.3 Å². The zero-order chi connectivity index (χ0) is 22.2. The number of esters is 2. The third kappa shape index (κ3) is 3.85. The molecule has 0 spiro atoms. The first-order valence-electron chi connectivity index (χ1n) is 9.60. The Labute approximate surface area is 179 Å². The molecule has 5 rings (SSSR count). The maximum absolute atomic E-state index is 10.9. The largest absolute Gasteiger partial charge is 0.458 e. The molecule has 0 unspecified atom stereocenters. The number of carbonyl (C=O) groups excluding carboxylic acids is 2. The second-order valence-corrected chi connectivity index (χ2v) is 6.92. The SMILES string of the molecule is CC(=O)OCc1ccc(-c2nc3cc4oc(-c5ccc(COC(C)=O)o5)nc4cc3o2)o1. The average molecular weight is 436 g/mol. The van der Waals surface area contributed by atoms with Gasteiger partial charge in [-0.1, -0.05) is 0 Å². The summed E-state index contributed by atoms with van der Waals surface area (Å²) in [7, 11) is 0. The van der Waals surface area contributed by atoms with Crippen molar-refractivity contribution in [2.24, 2.45) is 0 Å². The Balaban J connectivity index is 1.40. The second-order valence-electron chi connectivity index (χ2n) is 6.92. The molecule has 0 aliphatic heterocycles. The molecule has 0 atom stereocenters. The van der Waals surface area contributed by atoms with Gasteiger partial charge in [0.15, 0.2) is 22.7 Å². The molecule has 0 radical (unpaired) electrons. The Hall–Kier alpha value is -4.34. The van der Waals surface area contributed by atoms with Crippen molar-refractivity contribution in [3.05, 3.63) is 47.9 Å². The zero-order valence-corrected chi connectivity index (χ0v) is 17.0. The summed E-state index contributed by atoms with van der Waals surface area (Å²) in [5.74, 6) is 1.54. The van der Waals surface area contributed by atoms with Gasteiger partial charge in [-0.3, -0.25) is 9.59 Å². The van der Waals surface area contributed by atoms with Crippen molar-refractivity contribution >= 4 is 34.1 Å². The first kappa shape index (κ1) is 19.6. The van der Waals surface area contributed by atoms with E-state index in [1.807, 2.05) is 0 Å². The molecule has 10 heteroatoms. The van der Waals surface area contributed by atoms with Crippen LogP contribution in [0.5, 0.6) is 0 Å². The quantitative estimate of drug-likeness (QED) is 0.347. The van der Waals surface area contributed by atoms with Crippen LogP contribution in [0.25, 0.3) is 45.5 Å². The highest BCUT2D eigenvalue weighted by Gasteiger charge is 2.18. The van der Waals surface area contributed by atoms with Crippen molar-refractivity contribution in [1.29, 1.82) is 0 Å². The molecule has 32 heavy (non-hydrogen) atoms. The van der Waals surface area contributed by atoms with Crippen LogP contribution in [-0.2, 0) is 32.3 Å². The standard InChI is InChI=1S/C22H16N2O8/c1-11(25)27-9-13-3-5-17(29-13)21-23-15-7-20-16(8-19(15)31-21)24-22(32-20)18-6-4-14(30-18)10-28-12(2)26/h3-8H,9-10H2,1-2H3. The van der Waals surface area contributed by atoms with Gasteiger partial charge in [-0.25, -0.2) is 9.97 Å². The second kappa shape index (κ2) is 7.73. The average Bonchev–Trinajstić information content (AvgIpc) is 3.53. The summed E-state index contributed by atoms with van der Waals surface area (Å²) in [6, 6.07) is 10.2. The van der Waals surface area contributed by atoms with E-state index in [4.69, 9.17) is 27.1 Å². The summed E-state index contributed by atoms with van der Waals surface area (Å²) >= 11 is 0. The number of rotatable bonds is 6. The number of aromatic nitrogens is 2. The highest BCUT2D eigenvalue weighted by atomic mass is 16.5. The number of fused-ring (bicyclic) bond motifs is 2. The first-order chi connectivity index (χ1) is 15.4. The summed E-state index contributed by atoms with van der Waals surface area (Å²) in [5.41, 5.74) is 2.12. The molecule has 4 aromatic heterocycles. The number of furan rings is 2. The molecule has 0 saturated heterocycles. The van der Waals surface area contributed by atoms with Gasteiger partial charge >= 0.3 is 11.9 Å². The molecule has 5 aromatic rings. The van der Waals surface area contributed by atoms with Crippen LogP contribution < -0.4 is 0 Å². The van der Waals surface area contributed by atoms with Crippen LogP contribution in [0.4, 0.5) is 0 Å². The Morgan fingerprint density at radius 1 is 0.719 bits per heavy atom. The summed E-state index contributed by atoms with van der Waals surface area (Å²) in [4.78, 5) is 30.8. The lowest BCUT2D eigenvalue weighted by atomic mass is 10.3. The zero-order valence-electron chi connectivity index (χ0n) is 17.0. The number of nitrogens with zero attached hydrogens (tertiary/aromatic N) is 2. The summed E-state index contributed by atoms with van der Waals surface area (Å²) < 4.78 is 32.7. The van der Waals surface area contributed by atoms with Crippen LogP contribution in [0.1, 0.15) is 25.4 Å². The smallest absolute Gasteiger partial charge is 0.303 e. The fourth-order valence-electron chi connectivity index (χ4n) is 3.05. The predicted molar refractivity (Wildman–Crippen MR) is 108 cm³/mol. The lowest BCUT2D eigenvalue weighted by Gasteiger charge is -1.96. The molecular weight excluding hydrogens is 420 g/mol. The van der Waals surface area contributed by atoms with E-state index in [1.165, 1.54) is 13.8 Å². The summed E-state index contributed by atoms with van der Waals surface area (Å²) in [6.45, 7) is 2.72. The molecule has 0 aliphatic carbocycles. The molecule has 0 bridgehead atoms. The van der Waals surface area contributed by atoms with Gasteiger partial charge in [0.05, 0.1) is 0 Å². The van der Waals surface area contributed by atoms with E-state index >= 15 is 0 Å². The normalized spacial score (nSPS) is 11.3. The lowest BCUT2D eigenvalue weighted by Crippen LogP contribution is -1.97. The molecule has 0 amide bonds. The van der Waals surface area contributed by atoms with Gasteiger partial charge < -0.3 is 27.1 Å². The molecule has 0 N–H and O–H groups in total. The Morgan fingerprint density at radius 3 is 1.56 bits per heavy atom. The monoisotopic (exact) mass is 436 g/mol. The van der Waals surface area contributed by atoms with Gasteiger partial charge in [0.25, 0.3) is 11.8 Å². The van der Waals surface area contributed by atoms with Crippen LogP contribution >= 0.6 is 0 Å². The maximum atomic E-state index is 10.9. The van der Waals surface area contributed by atoms with Gasteiger partial charge in [0.1, 0.15) is 35.8 Å².